The van der Waals surface area contributed by atoms with E-state index in [2.05, 4.69) is 22.8 Å². The van der Waals surface area contributed by atoms with Crippen LogP contribution in [0.3, 0.4) is 0 Å². The van der Waals surface area contributed by atoms with E-state index >= 15 is 0 Å². The topological polar surface area (TPSA) is 105 Å². The monoisotopic (exact) mass is 464 g/mol. The first kappa shape index (κ1) is 23.8. The fourth-order valence-corrected chi connectivity index (χ4v) is 4.95. The van der Waals surface area contributed by atoms with Crippen molar-refractivity contribution in [2.24, 2.45) is 5.92 Å². The van der Waals surface area contributed by atoms with Crippen molar-refractivity contribution in [1.82, 2.24) is 10.6 Å². The highest BCUT2D eigenvalue weighted by atomic mass is 16.5. The number of carboxylic acid groups (broad SMARTS) is 1. The van der Waals surface area contributed by atoms with Gasteiger partial charge in [-0.1, -0.05) is 67.8 Å². The Kier molecular flexibility index (Phi) is 7.50. The Bertz CT molecular complexity index is 1000. The van der Waals surface area contributed by atoms with Gasteiger partial charge < -0.3 is 20.5 Å². The van der Waals surface area contributed by atoms with Crippen LogP contribution in [0.4, 0.5) is 4.79 Å². The summed E-state index contributed by atoms with van der Waals surface area (Å²) in [5, 5.41) is 14.6. The second-order valence-corrected chi connectivity index (χ2v) is 9.40. The second-order valence-electron chi connectivity index (χ2n) is 9.40. The Morgan fingerprint density at radius 3 is 2.18 bits per heavy atom. The molecule has 0 radical (unpaired) electrons. The van der Waals surface area contributed by atoms with Gasteiger partial charge in [0.2, 0.25) is 5.91 Å². The van der Waals surface area contributed by atoms with Crippen molar-refractivity contribution in [3.8, 4) is 11.1 Å². The molecule has 180 valence electrons. The average molecular weight is 465 g/mol. The lowest BCUT2D eigenvalue weighted by Crippen LogP contribution is -2.50. The molecule has 2 aromatic rings. The summed E-state index contributed by atoms with van der Waals surface area (Å²) in [4.78, 5) is 36.5. The molecule has 7 nitrogen and oxygen atoms in total. The van der Waals surface area contributed by atoms with Crippen LogP contribution in [0, 0.1) is 5.92 Å². The van der Waals surface area contributed by atoms with Crippen LogP contribution in [0.15, 0.2) is 48.5 Å². The van der Waals surface area contributed by atoms with Crippen molar-refractivity contribution in [1.29, 1.82) is 0 Å². The van der Waals surface area contributed by atoms with Crippen molar-refractivity contribution >= 4 is 18.0 Å². The average Bonchev–Trinajstić information content (AvgIpc) is 3.11. The normalized spacial score (nSPS) is 16.5. The molecule has 0 aliphatic heterocycles. The number of alkyl carbamates (subject to hydrolysis) is 1. The number of hydrogen-bond acceptors (Lipinski definition) is 4. The number of rotatable bonds is 10. The summed E-state index contributed by atoms with van der Waals surface area (Å²) in [5.74, 6) is -0.856. The number of carbonyl (C=O) groups excluding carboxylic acids is 2. The number of benzene rings is 2. The third-order valence-electron chi connectivity index (χ3n) is 6.90. The third-order valence-corrected chi connectivity index (χ3v) is 6.90. The summed E-state index contributed by atoms with van der Waals surface area (Å²) in [6.45, 7) is 2.07. The molecule has 4 rings (SSSR count). The molecule has 34 heavy (non-hydrogen) atoms. The molecule has 1 fully saturated rings. The fourth-order valence-electron chi connectivity index (χ4n) is 4.95. The summed E-state index contributed by atoms with van der Waals surface area (Å²) in [6, 6.07) is 15.1. The standard InChI is InChI=1S/C27H32N2O5/c1-17(15-18-7-6-8-18)28-26(32)24(13-14-25(30)31)29-27(33)34-16-23-21-11-4-2-9-19(21)20-10-3-5-12-22(20)23/h2-5,9-12,17-18,23-24H,6-8,13-16H2,1H3,(H,28,32)(H,29,33)(H,30,31). The number of amides is 2. The molecule has 2 aromatic carbocycles. The zero-order valence-electron chi connectivity index (χ0n) is 19.5. The van der Waals surface area contributed by atoms with Crippen molar-refractivity contribution in [2.75, 3.05) is 6.61 Å². The summed E-state index contributed by atoms with van der Waals surface area (Å²) >= 11 is 0. The molecule has 0 bridgehead atoms. The molecule has 7 heteroatoms. The van der Waals surface area contributed by atoms with Gasteiger partial charge in [-0.05, 0) is 47.9 Å². The molecule has 2 aliphatic rings. The maximum absolute atomic E-state index is 12.8. The van der Waals surface area contributed by atoms with Gasteiger partial charge in [-0.25, -0.2) is 4.79 Å². The van der Waals surface area contributed by atoms with Gasteiger partial charge in [0.15, 0.2) is 0 Å². The van der Waals surface area contributed by atoms with Gasteiger partial charge in [0, 0.05) is 18.4 Å². The smallest absolute Gasteiger partial charge is 0.407 e. The van der Waals surface area contributed by atoms with Crippen LogP contribution in [0.1, 0.15) is 62.5 Å². The van der Waals surface area contributed by atoms with Crippen molar-refractivity contribution in [3.63, 3.8) is 0 Å². The van der Waals surface area contributed by atoms with Crippen molar-refractivity contribution in [2.45, 2.75) is 63.5 Å². The molecule has 0 spiro atoms. The number of aliphatic carboxylic acids is 1. The van der Waals surface area contributed by atoms with Gasteiger partial charge in [-0.3, -0.25) is 9.59 Å². The van der Waals surface area contributed by atoms with E-state index in [4.69, 9.17) is 9.84 Å². The van der Waals surface area contributed by atoms with E-state index in [-0.39, 0.29) is 37.3 Å². The third kappa shape index (κ3) is 5.58. The van der Waals surface area contributed by atoms with Gasteiger partial charge in [-0.15, -0.1) is 0 Å². The lowest BCUT2D eigenvalue weighted by molar-refractivity contribution is -0.137. The predicted molar refractivity (Wildman–Crippen MR) is 128 cm³/mol. The highest BCUT2D eigenvalue weighted by Crippen LogP contribution is 2.44. The molecule has 0 heterocycles. The molecule has 2 atom stereocenters. The van der Waals surface area contributed by atoms with E-state index in [1.54, 1.807) is 0 Å². The highest BCUT2D eigenvalue weighted by molar-refractivity contribution is 5.86. The first-order valence-corrected chi connectivity index (χ1v) is 12.1. The molecule has 2 amide bonds. The molecule has 2 aliphatic carbocycles. The van der Waals surface area contributed by atoms with E-state index in [9.17, 15) is 14.4 Å². The predicted octanol–water partition coefficient (Wildman–Crippen LogP) is 4.45. The summed E-state index contributed by atoms with van der Waals surface area (Å²) in [5.41, 5.74) is 4.46. The van der Waals surface area contributed by atoms with Gasteiger partial charge in [0.25, 0.3) is 0 Å². The number of carboxylic acids is 1. The molecular formula is C27H32N2O5. The molecule has 0 aromatic heterocycles. The highest BCUT2D eigenvalue weighted by Gasteiger charge is 2.30. The Morgan fingerprint density at radius 1 is 1.00 bits per heavy atom. The van der Waals surface area contributed by atoms with E-state index in [0.717, 1.165) is 28.7 Å². The second kappa shape index (κ2) is 10.7. The maximum Gasteiger partial charge on any atom is 0.407 e. The van der Waals surface area contributed by atoms with E-state index in [0.29, 0.717) is 5.92 Å². The molecule has 0 saturated heterocycles. The van der Waals surface area contributed by atoms with Crippen molar-refractivity contribution < 1.29 is 24.2 Å². The van der Waals surface area contributed by atoms with Gasteiger partial charge in [0.1, 0.15) is 12.6 Å². The number of fused-ring (bicyclic) bond motifs is 3. The van der Waals surface area contributed by atoms with Gasteiger partial charge in [0.05, 0.1) is 0 Å². The fraction of sp³-hybridized carbons (Fsp3) is 0.444. The maximum atomic E-state index is 12.8. The largest absolute Gasteiger partial charge is 0.481 e. The Labute approximate surface area is 199 Å². The van der Waals surface area contributed by atoms with Crippen LogP contribution in [0.2, 0.25) is 0 Å². The Hall–Kier alpha value is -3.35. The van der Waals surface area contributed by atoms with Crippen LogP contribution in [-0.2, 0) is 14.3 Å². The first-order valence-electron chi connectivity index (χ1n) is 12.1. The van der Waals surface area contributed by atoms with Crippen LogP contribution >= 0.6 is 0 Å². The lowest BCUT2D eigenvalue weighted by atomic mass is 9.81. The first-order chi connectivity index (χ1) is 16.4. The minimum Gasteiger partial charge on any atom is -0.481 e. The Balaban J connectivity index is 1.36. The number of ether oxygens (including phenoxy) is 1. The molecule has 3 N–H and O–H groups in total. The minimum atomic E-state index is -1.02. The van der Waals surface area contributed by atoms with Crippen LogP contribution in [0.5, 0.6) is 0 Å². The molecular weight excluding hydrogens is 432 g/mol. The van der Waals surface area contributed by atoms with Crippen molar-refractivity contribution in [3.05, 3.63) is 59.7 Å². The summed E-state index contributed by atoms with van der Waals surface area (Å²) in [6.07, 6.45) is 3.54. The quantitative estimate of drug-likeness (QED) is 0.482. The van der Waals surface area contributed by atoms with E-state index in [1.165, 1.54) is 19.3 Å². The summed E-state index contributed by atoms with van der Waals surface area (Å²) in [7, 11) is 0. The van der Waals surface area contributed by atoms with E-state index < -0.39 is 18.1 Å². The zero-order chi connectivity index (χ0) is 24.1. The lowest BCUT2D eigenvalue weighted by Gasteiger charge is -2.29. The van der Waals surface area contributed by atoms with Gasteiger partial charge in [-0.2, -0.15) is 0 Å². The molecule has 1 saturated carbocycles. The van der Waals surface area contributed by atoms with E-state index in [1.807, 2.05) is 43.3 Å². The number of carbonyl (C=O) groups is 3. The van der Waals surface area contributed by atoms with Crippen LogP contribution in [0.25, 0.3) is 11.1 Å². The summed E-state index contributed by atoms with van der Waals surface area (Å²) < 4.78 is 5.55. The van der Waals surface area contributed by atoms with Crippen LogP contribution in [-0.4, -0.2) is 41.8 Å². The molecule has 2 unspecified atom stereocenters. The number of nitrogens with one attached hydrogen (secondary N) is 2. The van der Waals surface area contributed by atoms with Gasteiger partial charge >= 0.3 is 12.1 Å². The van der Waals surface area contributed by atoms with Crippen LogP contribution < -0.4 is 10.6 Å². The minimum absolute atomic E-state index is 0.00150. The number of hydrogen-bond donors (Lipinski definition) is 3. The SMILES string of the molecule is CC(CC1CCC1)NC(=O)C(CCC(=O)O)NC(=O)OCC1c2ccccc2-c2ccccc21. The zero-order valence-corrected chi connectivity index (χ0v) is 19.5. The Morgan fingerprint density at radius 2 is 1.62 bits per heavy atom.